The van der Waals surface area contributed by atoms with E-state index in [-0.39, 0.29) is 0 Å². The first-order valence-corrected chi connectivity index (χ1v) is 11.1. The van der Waals surface area contributed by atoms with Gasteiger partial charge < -0.3 is 0 Å². The van der Waals surface area contributed by atoms with Crippen LogP contribution in [0.5, 0.6) is 0 Å². The quantitative estimate of drug-likeness (QED) is 0.490. The van der Waals surface area contributed by atoms with E-state index < -0.39 is 0 Å². The maximum Gasteiger partial charge on any atom is -0.00574 e. The Bertz CT molecular complexity index is 795. The minimum Gasteiger partial charge on any atom is -0.0654 e. The molecule has 0 heterocycles. The van der Waals surface area contributed by atoms with Gasteiger partial charge in [-0.2, -0.15) is 0 Å². The molecular weight excluding hydrogens is 324 g/mol. The van der Waals surface area contributed by atoms with Gasteiger partial charge in [-0.15, -0.1) is 0 Å². The molecule has 0 saturated heterocycles. The second-order valence-electron chi connectivity index (χ2n) is 8.90. The van der Waals surface area contributed by atoms with E-state index in [0.29, 0.717) is 5.41 Å². The largest absolute Gasteiger partial charge is 0.0654 e. The van der Waals surface area contributed by atoms with Crippen LogP contribution in [0, 0.1) is 5.41 Å². The lowest BCUT2D eigenvalue weighted by atomic mass is 9.67. The van der Waals surface area contributed by atoms with Crippen LogP contribution in [-0.4, -0.2) is 0 Å². The minimum atomic E-state index is 0.587. The summed E-state index contributed by atoms with van der Waals surface area (Å²) in [4.78, 5) is 0. The SMILES string of the molecule is CCCC1(CC2=Cc3c(cccc3-c3ccc(CC)cc3)C2)CCCCC1. The predicted molar refractivity (Wildman–Crippen MR) is 118 cm³/mol. The standard InChI is InChI=1S/C27H34/c1-3-15-27(16-6-5-7-17-27)20-22-18-24-9-8-10-25(26(24)19-22)23-13-11-21(4-2)12-14-23/h8-14,19H,3-7,15-18,20H2,1-2H3. The molecule has 0 radical (unpaired) electrons. The molecular formula is C27H34. The lowest BCUT2D eigenvalue weighted by Crippen LogP contribution is -2.24. The van der Waals surface area contributed by atoms with Crippen molar-refractivity contribution in [3.05, 3.63) is 64.7 Å². The van der Waals surface area contributed by atoms with Crippen molar-refractivity contribution < 1.29 is 0 Å². The van der Waals surface area contributed by atoms with Crippen LogP contribution < -0.4 is 0 Å². The predicted octanol–water partition coefficient (Wildman–Crippen LogP) is 8.00. The van der Waals surface area contributed by atoms with Crippen molar-refractivity contribution in [3.63, 3.8) is 0 Å². The zero-order valence-electron chi connectivity index (χ0n) is 17.2. The molecule has 27 heavy (non-hydrogen) atoms. The number of rotatable bonds is 6. The Morgan fingerprint density at radius 3 is 2.37 bits per heavy atom. The van der Waals surface area contributed by atoms with Gasteiger partial charge in [-0.3, -0.25) is 0 Å². The fourth-order valence-electron chi connectivity index (χ4n) is 5.55. The van der Waals surface area contributed by atoms with Gasteiger partial charge in [0.2, 0.25) is 0 Å². The van der Waals surface area contributed by atoms with Gasteiger partial charge in [-0.05, 0) is 71.8 Å². The van der Waals surface area contributed by atoms with Crippen LogP contribution in [0.25, 0.3) is 17.2 Å². The van der Waals surface area contributed by atoms with E-state index in [1.807, 2.05) is 0 Å². The number of allylic oxidation sites excluding steroid dienone is 1. The Kier molecular flexibility index (Phi) is 5.53. The molecule has 2 aliphatic carbocycles. The molecule has 0 N–H and O–H groups in total. The molecule has 4 rings (SSSR count). The van der Waals surface area contributed by atoms with E-state index in [4.69, 9.17) is 0 Å². The number of fused-ring (bicyclic) bond motifs is 1. The topological polar surface area (TPSA) is 0 Å². The second kappa shape index (κ2) is 8.05. The van der Waals surface area contributed by atoms with E-state index in [9.17, 15) is 0 Å². The van der Waals surface area contributed by atoms with E-state index in [2.05, 4.69) is 62.4 Å². The molecule has 0 aromatic heterocycles. The zero-order valence-corrected chi connectivity index (χ0v) is 17.2. The molecule has 0 bridgehead atoms. The van der Waals surface area contributed by atoms with Gasteiger partial charge in [0.1, 0.15) is 0 Å². The van der Waals surface area contributed by atoms with Crippen LogP contribution in [-0.2, 0) is 12.8 Å². The normalized spacial score (nSPS) is 18.2. The van der Waals surface area contributed by atoms with Crippen molar-refractivity contribution in [1.29, 1.82) is 0 Å². The number of benzene rings is 2. The Balaban J connectivity index is 1.61. The van der Waals surface area contributed by atoms with Crippen molar-refractivity contribution in [3.8, 4) is 11.1 Å². The summed E-state index contributed by atoms with van der Waals surface area (Å²) in [6.45, 7) is 4.59. The summed E-state index contributed by atoms with van der Waals surface area (Å²) in [6.07, 6.45) is 16.1. The van der Waals surface area contributed by atoms with Crippen LogP contribution in [0.2, 0.25) is 0 Å². The van der Waals surface area contributed by atoms with Crippen LogP contribution in [0.3, 0.4) is 0 Å². The first-order valence-electron chi connectivity index (χ1n) is 11.1. The fourth-order valence-corrected chi connectivity index (χ4v) is 5.55. The summed E-state index contributed by atoms with van der Waals surface area (Å²) in [6, 6.07) is 16.1. The molecule has 2 aromatic rings. The summed E-state index contributed by atoms with van der Waals surface area (Å²) < 4.78 is 0. The van der Waals surface area contributed by atoms with Crippen LogP contribution in [0.4, 0.5) is 0 Å². The van der Waals surface area contributed by atoms with Crippen LogP contribution in [0.1, 0.15) is 81.9 Å². The molecule has 142 valence electrons. The molecule has 0 nitrogen and oxygen atoms in total. The lowest BCUT2D eigenvalue weighted by Gasteiger charge is -2.38. The maximum atomic E-state index is 2.55. The molecule has 0 atom stereocenters. The van der Waals surface area contributed by atoms with Crippen molar-refractivity contribution in [2.45, 2.75) is 78.1 Å². The highest BCUT2D eigenvalue weighted by molar-refractivity contribution is 5.80. The minimum absolute atomic E-state index is 0.587. The number of hydrogen-bond donors (Lipinski definition) is 0. The van der Waals surface area contributed by atoms with Gasteiger partial charge >= 0.3 is 0 Å². The Labute approximate surface area is 165 Å². The molecule has 0 spiro atoms. The van der Waals surface area contributed by atoms with E-state index >= 15 is 0 Å². The van der Waals surface area contributed by atoms with Crippen molar-refractivity contribution in [1.82, 2.24) is 0 Å². The number of aryl methyl sites for hydroxylation is 1. The van der Waals surface area contributed by atoms with Gasteiger partial charge in [0.15, 0.2) is 0 Å². The molecule has 0 heteroatoms. The molecule has 2 aliphatic rings. The summed E-state index contributed by atoms with van der Waals surface area (Å²) in [5.41, 5.74) is 9.48. The van der Waals surface area contributed by atoms with Crippen LogP contribution in [0.15, 0.2) is 48.0 Å². The highest BCUT2D eigenvalue weighted by atomic mass is 14.4. The third-order valence-electron chi connectivity index (χ3n) is 6.93. The Morgan fingerprint density at radius 2 is 1.67 bits per heavy atom. The van der Waals surface area contributed by atoms with Gasteiger partial charge in [-0.1, -0.05) is 93.6 Å². The Morgan fingerprint density at radius 1 is 0.889 bits per heavy atom. The first kappa shape index (κ1) is 18.5. The van der Waals surface area contributed by atoms with Gasteiger partial charge in [0.05, 0.1) is 0 Å². The average Bonchev–Trinajstić information content (AvgIpc) is 3.11. The van der Waals surface area contributed by atoms with E-state index in [0.717, 1.165) is 6.42 Å². The van der Waals surface area contributed by atoms with Crippen molar-refractivity contribution in [2.75, 3.05) is 0 Å². The Hall–Kier alpha value is -1.82. The van der Waals surface area contributed by atoms with Gasteiger partial charge in [0, 0.05) is 0 Å². The van der Waals surface area contributed by atoms with E-state index in [1.165, 1.54) is 85.6 Å². The average molecular weight is 359 g/mol. The molecule has 1 saturated carbocycles. The zero-order chi connectivity index (χ0) is 18.7. The second-order valence-corrected chi connectivity index (χ2v) is 8.90. The summed E-state index contributed by atoms with van der Waals surface area (Å²) in [5.74, 6) is 0. The molecule has 1 fully saturated rings. The number of hydrogen-bond acceptors (Lipinski definition) is 0. The highest BCUT2D eigenvalue weighted by Crippen LogP contribution is 2.47. The summed E-state index contributed by atoms with van der Waals surface area (Å²) in [7, 11) is 0. The highest BCUT2D eigenvalue weighted by Gasteiger charge is 2.33. The molecule has 2 aromatic carbocycles. The van der Waals surface area contributed by atoms with Gasteiger partial charge in [-0.25, -0.2) is 0 Å². The van der Waals surface area contributed by atoms with E-state index in [1.54, 1.807) is 5.57 Å². The van der Waals surface area contributed by atoms with Crippen molar-refractivity contribution in [2.24, 2.45) is 5.41 Å². The maximum absolute atomic E-state index is 2.55. The summed E-state index contributed by atoms with van der Waals surface area (Å²) >= 11 is 0. The molecule has 0 amide bonds. The van der Waals surface area contributed by atoms with Crippen LogP contribution >= 0.6 is 0 Å². The third-order valence-corrected chi connectivity index (χ3v) is 6.93. The fraction of sp³-hybridized carbons (Fsp3) is 0.481. The lowest BCUT2D eigenvalue weighted by molar-refractivity contribution is 0.169. The van der Waals surface area contributed by atoms with Crippen molar-refractivity contribution >= 4 is 6.08 Å². The smallest absolute Gasteiger partial charge is 0.00574 e. The third kappa shape index (κ3) is 3.91. The monoisotopic (exact) mass is 358 g/mol. The summed E-state index contributed by atoms with van der Waals surface area (Å²) in [5, 5.41) is 0. The van der Waals surface area contributed by atoms with Gasteiger partial charge in [0.25, 0.3) is 0 Å². The molecule has 0 aliphatic heterocycles. The molecule has 0 unspecified atom stereocenters. The first-order chi connectivity index (χ1) is 13.2.